The quantitative estimate of drug-likeness (QED) is 0.184. The summed E-state index contributed by atoms with van der Waals surface area (Å²) >= 11 is 0. The third kappa shape index (κ3) is 5.43. The van der Waals surface area contributed by atoms with E-state index in [-0.39, 0.29) is 5.92 Å². The van der Waals surface area contributed by atoms with Crippen LogP contribution in [0.4, 0.5) is 0 Å². The number of nitrogens with zero attached hydrogens (tertiary/aromatic N) is 3. The van der Waals surface area contributed by atoms with E-state index in [4.69, 9.17) is 19.4 Å². The van der Waals surface area contributed by atoms with Crippen LogP contribution in [0.15, 0.2) is 174 Å². The Morgan fingerprint density at radius 3 is 1.71 bits per heavy atom. The molecule has 0 amide bonds. The van der Waals surface area contributed by atoms with Crippen LogP contribution in [0, 0.1) is 0 Å². The van der Waals surface area contributed by atoms with Gasteiger partial charge in [0.15, 0.2) is 11.6 Å². The lowest BCUT2D eigenvalue weighted by Crippen LogP contribution is -2.08. The molecule has 6 aromatic carbocycles. The number of allylic oxidation sites excluding steroid dienone is 4. The van der Waals surface area contributed by atoms with E-state index in [2.05, 4.69) is 146 Å². The number of benzene rings is 6. The number of fused-ring (bicyclic) bond motifs is 3. The lowest BCUT2D eigenvalue weighted by molar-refractivity contribution is 0.670. The Bertz CT molecular complexity index is 2500. The van der Waals surface area contributed by atoms with Gasteiger partial charge in [-0.2, -0.15) is 0 Å². The predicted molar refractivity (Wildman–Crippen MR) is 200 cm³/mol. The van der Waals surface area contributed by atoms with Crippen LogP contribution >= 0.6 is 0 Å². The molecule has 0 N–H and O–H groups in total. The molecule has 4 nitrogen and oxygen atoms in total. The van der Waals surface area contributed by atoms with Gasteiger partial charge in [-0.15, -0.1) is 0 Å². The van der Waals surface area contributed by atoms with Crippen LogP contribution in [-0.4, -0.2) is 15.0 Å². The van der Waals surface area contributed by atoms with Gasteiger partial charge in [0.05, 0.1) is 0 Å². The molecular weight excluding hydrogens is 599 g/mol. The molecule has 8 aromatic rings. The summed E-state index contributed by atoms with van der Waals surface area (Å²) in [4.78, 5) is 15.4. The molecule has 232 valence electrons. The number of hydrogen-bond donors (Lipinski definition) is 0. The van der Waals surface area contributed by atoms with Crippen molar-refractivity contribution in [1.82, 2.24) is 15.0 Å². The van der Waals surface area contributed by atoms with Crippen molar-refractivity contribution in [2.75, 3.05) is 0 Å². The molecule has 2 heterocycles. The number of para-hydroxylation sites is 1. The Labute approximate surface area is 284 Å². The van der Waals surface area contributed by atoms with Gasteiger partial charge in [-0.05, 0) is 52.4 Å². The van der Waals surface area contributed by atoms with Gasteiger partial charge in [-0.3, -0.25) is 0 Å². The first-order valence-corrected chi connectivity index (χ1v) is 16.6. The smallest absolute Gasteiger partial charge is 0.164 e. The van der Waals surface area contributed by atoms with Gasteiger partial charge >= 0.3 is 0 Å². The largest absolute Gasteiger partial charge is 0.455 e. The number of hydrogen-bond acceptors (Lipinski definition) is 4. The van der Waals surface area contributed by atoms with E-state index in [0.29, 0.717) is 11.6 Å². The van der Waals surface area contributed by atoms with E-state index in [9.17, 15) is 0 Å². The third-order valence-corrected chi connectivity index (χ3v) is 9.29. The molecule has 1 unspecified atom stereocenters. The Balaban J connectivity index is 1.20. The fourth-order valence-corrected chi connectivity index (χ4v) is 6.74. The van der Waals surface area contributed by atoms with E-state index >= 15 is 0 Å². The average molecular weight is 630 g/mol. The van der Waals surface area contributed by atoms with Crippen molar-refractivity contribution < 1.29 is 4.42 Å². The Morgan fingerprint density at radius 2 is 1.04 bits per heavy atom. The molecule has 1 aliphatic rings. The zero-order chi connectivity index (χ0) is 32.6. The van der Waals surface area contributed by atoms with Gasteiger partial charge in [0.2, 0.25) is 0 Å². The molecule has 9 rings (SSSR count). The number of rotatable bonds is 6. The molecular formula is C45H31N3O. The van der Waals surface area contributed by atoms with Crippen molar-refractivity contribution in [2.45, 2.75) is 12.3 Å². The normalized spacial score (nSPS) is 14.1. The second-order valence-electron chi connectivity index (χ2n) is 12.3. The molecule has 0 aliphatic heterocycles. The highest BCUT2D eigenvalue weighted by Crippen LogP contribution is 2.42. The van der Waals surface area contributed by atoms with Crippen LogP contribution in [0.5, 0.6) is 0 Å². The maximum Gasteiger partial charge on any atom is 0.164 e. The van der Waals surface area contributed by atoms with Gasteiger partial charge in [0.1, 0.15) is 17.0 Å². The average Bonchev–Trinajstić information content (AvgIpc) is 3.58. The second kappa shape index (κ2) is 12.3. The van der Waals surface area contributed by atoms with Gasteiger partial charge < -0.3 is 4.42 Å². The third-order valence-electron chi connectivity index (χ3n) is 9.29. The highest BCUT2D eigenvalue weighted by Gasteiger charge is 2.22. The summed E-state index contributed by atoms with van der Waals surface area (Å²) in [6.07, 6.45) is 9.34. The summed E-state index contributed by atoms with van der Waals surface area (Å²) in [5, 5.41) is 2.04. The minimum absolute atomic E-state index is 0.0630. The van der Waals surface area contributed by atoms with Crippen molar-refractivity contribution >= 4 is 21.9 Å². The molecule has 0 spiro atoms. The molecule has 4 heteroatoms. The van der Waals surface area contributed by atoms with Crippen LogP contribution in [-0.2, 0) is 0 Å². The topological polar surface area (TPSA) is 51.8 Å². The molecule has 2 aromatic heterocycles. The first-order valence-electron chi connectivity index (χ1n) is 16.6. The van der Waals surface area contributed by atoms with E-state index < -0.39 is 0 Å². The number of furan rings is 1. The van der Waals surface area contributed by atoms with Crippen molar-refractivity contribution in [3.05, 3.63) is 176 Å². The first-order chi connectivity index (χ1) is 24.3. The zero-order valence-corrected chi connectivity index (χ0v) is 26.7. The summed E-state index contributed by atoms with van der Waals surface area (Å²) in [7, 11) is 0. The van der Waals surface area contributed by atoms with Crippen LogP contribution < -0.4 is 0 Å². The van der Waals surface area contributed by atoms with E-state index in [0.717, 1.165) is 62.0 Å². The van der Waals surface area contributed by atoms with E-state index in [1.807, 2.05) is 24.3 Å². The Kier molecular flexibility index (Phi) is 7.25. The maximum atomic E-state index is 6.64. The molecule has 0 bridgehead atoms. The summed E-state index contributed by atoms with van der Waals surface area (Å²) in [5.74, 6) is 2.11. The van der Waals surface area contributed by atoms with Gasteiger partial charge in [0.25, 0.3) is 0 Å². The standard InChI is InChI=1S/C45H31N3O/c1-4-12-30(13-5-1)32-20-24-34(25-21-32)37-28-29-39(41-38-18-10-11-19-40(38)49-42(37)41)45-47-43(35-16-8-3-9-17-35)46-44(48-45)36-26-22-33(23-27-36)31-14-6-2-7-15-31/h1-16,18-29,35H,17H2. The van der Waals surface area contributed by atoms with Crippen molar-refractivity contribution in [3.63, 3.8) is 0 Å². The molecule has 0 saturated carbocycles. The lowest BCUT2D eigenvalue weighted by atomic mass is 9.96. The van der Waals surface area contributed by atoms with Crippen LogP contribution in [0.2, 0.25) is 0 Å². The highest BCUT2D eigenvalue weighted by atomic mass is 16.3. The fraction of sp³-hybridized carbons (Fsp3) is 0.0444. The van der Waals surface area contributed by atoms with E-state index in [1.165, 1.54) is 16.7 Å². The molecule has 0 radical (unpaired) electrons. The van der Waals surface area contributed by atoms with Gasteiger partial charge in [-0.25, -0.2) is 15.0 Å². The van der Waals surface area contributed by atoms with Gasteiger partial charge in [-0.1, -0.05) is 152 Å². The summed E-state index contributed by atoms with van der Waals surface area (Å²) < 4.78 is 6.64. The molecule has 0 fully saturated rings. The predicted octanol–water partition coefficient (Wildman–Crippen LogP) is 11.7. The minimum atomic E-state index is 0.0630. The van der Waals surface area contributed by atoms with Crippen molar-refractivity contribution in [1.29, 1.82) is 0 Å². The van der Waals surface area contributed by atoms with Gasteiger partial charge in [0, 0.05) is 33.4 Å². The SMILES string of the molecule is C1=CCC(c2nc(-c3ccc(-c4ccccc4)cc3)nc(-c3ccc(-c4ccc(-c5ccccc5)cc4)c4oc5ccccc5c34)n2)C=C1. The molecule has 1 aliphatic carbocycles. The van der Waals surface area contributed by atoms with E-state index in [1.54, 1.807) is 0 Å². The molecule has 0 saturated heterocycles. The van der Waals surface area contributed by atoms with Crippen molar-refractivity contribution in [2.24, 2.45) is 0 Å². The summed E-state index contributed by atoms with van der Waals surface area (Å²) in [6.45, 7) is 0. The summed E-state index contributed by atoms with van der Waals surface area (Å²) in [6, 6.07) is 50.5. The molecule has 49 heavy (non-hydrogen) atoms. The Morgan fingerprint density at radius 1 is 0.469 bits per heavy atom. The zero-order valence-electron chi connectivity index (χ0n) is 26.7. The van der Waals surface area contributed by atoms with Crippen LogP contribution in [0.3, 0.4) is 0 Å². The highest BCUT2D eigenvalue weighted by molar-refractivity contribution is 6.15. The monoisotopic (exact) mass is 629 g/mol. The fourth-order valence-electron chi connectivity index (χ4n) is 6.74. The van der Waals surface area contributed by atoms with Crippen LogP contribution in [0.25, 0.3) is 78.1 Å². The Hall–Kier alpha value is -6.39. The maximum absolute atomic E-state index is 6.64. The lowest BCUT2D eigenvalue weighted by Gasteiger charge is -2.15. The molecule has 1 atom stereocenters. The minimum Gasteiger partial charge on any atom is -0.455 e. The summed E-state index contributed by atoms with van der Waals surface area (Å²) in [5.41, 5.74) is 10.3. The first kappa shape index (κ1) is 28.8. The van der Waals surface area contributed by atoms with Crippen molar-refractivity contribution in [3.8, 4) is 56.2 Å². The number of aromatic nitrogens is 3. The van der Waals surface area contributed by atoms with Crippen LogP contribution in [0.1, 0.15) is 18.2 Å². The second-order valence-corrected chi connectivity index (χ2v) is 12.3.